The number of hydrogen-bond acceptors (Lipinski definition) is 4. The van der Waals surface area contributed by atoms with Crippen LogP contribution in [0.4, 0.5) is 0 Å². The standard InChI is InChI=1S/C19H20BrNO4/c1-24-16-8-3-5-13(9-16)10-18(22)21-17(12-19(23)25-2)14-6-4-7-15(20)11-14/h3-9,11,17H,10,12H2,1-2H3,(H,21,22). The van der Waals surface area contributed by atoms with Crippen LogP contribution in [-0.2, 0) is 20.7 Å². The lowest BCUT2D eigenvalue weighted by molar-refractivity contribution is -0.141. The van der Waals surface area contributed by atoms with Gasteiger partial charge in [-0.05, 0) is 35.4 Å². The molecule has 5 nitrogen and oxygen atoms in total. The van der Waals surface area contributed by atoms with E-state index < -0.39 is 6.04 Å². The van der Waals surface area contributed by atoms with Gasteiger partial charge in [0.2, 0.25) is 5.91 Å². The molecule has 2 aromatic carbocycles. The number of hydrogen-bond donors (Lipinski definition) is 1. The molecule has 1 atom stereocenters. The molecule has 1 amide bonds. The summed E-state index contributed by atoms with van der Waals surface area (Å²) >= 11 is 3.41. The Kier molecular flexibility index (Phi) is 7.01. The van der Waals surface area contributed by atoms with Gasteiger partial charge in [0.25, 0.3) is 0 Å². The molecule has 0 aromatic heterocycles. The van der Waals surface area contributed by atoms with Crippen molar-refractivity contribution in [3.05, 3.63) is 64.1 Å². The first-order valence-corrected chi connectivity index (χ1v) is 8.55. The first kappa shape index (κ1) is 19.0. The summed E-state index contributed by atoms with van der Waals surface area (Å²) in [5, 5.41) is 2.91. The van der Waals surface area contributed by atoms with Crippen LogP contribution in [0.25, 0.3) is 0 Å². The third kappa shape index (κ3) is 5.90. The van der Waals surface area contributed by atoms with Crippen LogP contribution in [-0.4, -0.2) is 26.1 Å². The molecule has 0 spiro atoms. The fraction of sp³-hybridized carbons (Fsp3) is 0.263. The molecule has 0 radical (unpaired) electrons. The van der Waals surface area contributed by atoms with Gasteiger partial charge >= 0.3 is 5.97 Å². The first-order valence-electron chi connectivity index (χ1n) is 7.76. The van der Waals surface area contributed by atoms with Gasteiger partial charge < -0.3 is 14.8 Å². The molecule has 0 saturated heterocycles. The molecule has 2 rings (SSSR count). The normalized spacial score (nSPS) is 11.5. The van der Waals surface area contributed by atoms with Crippen molar-refractivity contribution in [2.45, 2.75) is 18.9 Å². The van der Waals surface area contributed by atoms with E-state index in [0.717, 1.165) is 15.6 Å². The molecule has 1 unspecified atom stereocenters. The maximum Gasteiger partial charge on any atom is 0.307 e. The average Bonchev–Trinajstić information content (AvgIpc) is 2.61. The molecule has 0 bridgehead atoms. The Balaban J connectivity index is 2.12. The Bertz CT molecular complexity index is 748. The van der Waals surface area contributed by atoms with Crippen molar-refractivity contribution in [1.82, 2.24) is 5.32 Å². The average molecular weight is 406 g/mol. The van der Waals surface area contributed by atoms with Gasteiger partial charge in [0, 0.05) is 4.47 Å². The minimum Gasteiger partial charge on any atom is -0.497 e. The van der Waals surface area contributed by atoms with Crippen molar-refractivity contribution in [2.75, 3.05) is 14.2 Å². The maximum atomic E-state index is 12.4. The van der Waals surface area contributed by atoms with E-state index >= 15 is 0 Å². The lowest BCUT2D eigenvalue weighted by atomic mass is 10.0. The van der Waals surface area contributed by atoms with Gasteiger partial charge in [-0.15, -0.1) is 0 Å². The Morgan fingerprint density at radius 3 is 2.56 bits per heavy atom. The van der Waals surface area contributed by atoms with Gasteiger partial charge in [-0.1, -0.05) is 40.2 Å². The Morgan fingerprint density at radius 2 is 1.88 bits per heavy atom. The topological polar surface area (TPSA) is 64.6 Å². The molecule has 0 fully saturated rings. The lowest BCUT2D eigenvalue weighted by Crippen LogP contribution is -2.31. The van der Waals surface area contributed by atoms with Gasteiger partial charge in [-0.3, -0.25) is 9.59 Å². The summed E-state index contributed by atoms with van der Waals surface area (Å²) in [6.45, 7) is 0. The number of amides is 1. The molecule has 6 heteroatoms. The van der Waals surface area contributed by atoms with Crippen LogP contribution in [0.15, 0.2) is 53.0 Å². The van der Waals surface area contributed by atoms with E-state index in [2.05, 4.69) is 21.2 Å². The highest BCUT2D eigenvalue weighted by Gasteiger charge is 2.19. The smallest absolute Gasteiger partial charge is 0.307 e. The number of carbonyl (C=O) groups is 2. The van der Waals surface area contributed by atoms with Crippen LogP contribution < -0.4 is 10.1 Å². The van der Waals surface area contributed by atoms with E-state index in [1.165, 1.54) is 7.11 Å². The number of benzene rings is 2. The van der Waals surface area contributed by atoms with Crippen LogP contribution in [0.3, 0.4) is 0 Å². The van der Waals surface area contributed by atoms with Crippen molar-refractivity contribution in [2.24, 2.45) is 0 Å². The summed E-state index contributed by atoms with van der Waals surface area (Å²) in [7, 11) is 2.91. The predicted molar refractivity (Wildman–Crippen MR) is 98.4 cm³/mol. The largest absolute Gasteiger partial charge is 0.497 e. The zero-order valence-electron chi connectivity index (χ0n) is 14.1. The van der Waals surface area contributed by atoms with Gasteiger partial charge in [0.05, 0.1) is 33.1 Å². The predicted octanol–water partition coefficient (Wildman–Crippen LogP) is 3.42. The van der Waals surface area contributed by atoms with Gasteiger partial charge in [0.15, 0.2) is 0 Å². The minimum absolute atomic E-state index is 0.0663. The van der Waals surface area contributed by atoms with E-state index in [9.17, 15) is 9.59 Å². The van der Waals surface area contributed by atoms with Crippen LogP contribution in [0.5, 0.6) is 5.75 Å². The molecule has 132 valence electrons. The monoisotopic (exact) mass is 405 g/mol. The summed E-state index contributed by atoms with van der Waals surface area (Å²) in [4.78, 5) is 24.1. The number of ether oxygens (including phenoxy) is 2. The second-order valence-electron chi connectivity index (χ2n) is 5.48. The maximum absolute atomic E-state index is 12.4. The second-order valence-corrected chi connectivity index (χ2v) is 6.40. The van der Waals surface area contributed by atoms with Gasteiger partial charge in [0.1, 0.15) is 5.75 Å². The summed E-state index contributed by atoms with van der Waals surface area (Å²) < 4.78 is 10.8. The van der Waals surface area contributed by atoms with Crippen LogP contribution in [0.1, 0.15) is 23.6 Å². The Morgan fingerprint density at radius 1 is 1.12 bits per heavy atom. The molecule has 0 aliphatic rings. The van der Waals surface area contributed by atoms with Crippen LogP contribution in [0.2, 0.25) is 0 Å². The highest BCUT2D eigenvalue weighted by atomic mass is 79.9. The molecule has 0 aliphatic carbocycles. The quantitative estimate of drug-likeness (QED) is 0.716. The molecule has 0 saturated carbocycles. The number of methoxy groups -OCH3 is 2. The van der Waals surface area contributed by atoms with Gasteiger partial charge in [-0.2, -0.15) is 0 Å². The molecular weight excluding hydrogens is 386 g/mol. The van der Waals surface area contributed by atoms with Crippen molar-refractivity contribution < 1.29 is 19.1 Å². The third-order valence-corrected chi connectivity index (χ3v) is 4.18. The third-order valence-electron chi connectivity index (χ3n) is 3.68. The van der Waals surface area contributed by atoms with Gasteiger partial charge in [-0.25, -0.2) is 0 Å². The number of rotatable bonds is 7. The summed E-state index contributed by atoms with van der Waals surface area (Å²) in [5.74, 6) is 0.136. The van der Waals surface area contributed by atoms with Crippen LogP contribution >= 0.6 is 15.9 Å². The van der Waals surface area contributed by atoms with Crippen molar-refractivity contribution >= 4 is 27.8 Å². The SMILES string of the molecule is COC(=O)CC(NC(=O)Cc1cccc(OC)c1)c1cccc(Br)c1. The van der Waals surface area contributed by atoms with E-state index in [1.807, 2.05) is 48.5 Å². The summed E-state index contributed by atoms with van der Waals surface area (Å²) in [5.41, 5.74) is 1.67. The number of nitrogens with one attached hydrogen (secondary N) is 1. The summed E-state index contributed by atoms with van der Waals surface area (Å²) in [6.07, 6.45) is 0.264. The first-order chi connectivity index (χ1) is 12.0. The van der Waals surface area contributed by atoms with E-state index in [0.29, 0.717) is 5.75 Å². The Labute approximate surface area is 155 Å². The van der Waals surface area contributed by atoms with E-state index in [4.69, 9.17) is 9.47 Å². The highest BCUT2D eigenvalue weighted by Crippen LogP contribution is 2.22. The minimum atomic E-state index is -0.456. The molecule has 1 N–H and O–H groups in total. The van der Waals surface area contributed by atoms with E-state index in [-0.39, 0.29) is 24.7 Å². The van der Waals surface area contributed by atoms with Crippen molar-refractivity contribution in [3.63, 3.8) is 0 Å². The Hall–Kier alpha value is -2.34. The van der Waals surface area contributed by atoms with Crippen molar-refractivity contribution in [3.8, 4) is 5.75 Å². The summed E-state index contributed by atoms with van der Waals surface area (Å²) in [6, 6.07) is 14.4. The zero-order chi connectivity index (χ0) is 18.2. The zero-order valence-corrected chi connectivity index (χ0v) is 15.7. The molecular formula is C19H20BrNO4. The van der Waals surface area contributed by atoms with Crippen molar-refractivity contribution in [1.29, 1.82) is 0 Å². The second kappa shape index (κ2) is 9.22. The van der Waals surface area contributed by atoms with E-state index in [1.54, 1.807) is 7.11 Å². The highest BCUT2D eigenvalue weighted by molar-refractivity contribution is 9.10. The molecule has 25 heavy (non-hydrogen) atoms. The fourth-order valence-corrected chi connectivity index (χ4v) is 2.86. The number of esters is 1. The molecule has 2 aromatic rings. The molecule has 0 aliphatic heterocycles. The lowest BCUT2D eigenvalue weighted by Gasteiger charge is -2.18. The van der Waals surface area contributed by atoms with Crippen LogP contribution in [0, 0.1) is 0 Å². The molecule has 0 heterocycles. The number of halogens is 1. The number of carbonyl (C=O) groups excluding carboxylic acids is 2. The fourth-order valence-electron chi connectivity index (χ4n) is 2.44.